The van der Waals surface area contributed by atoms with Gasteiger partial charge in [0.1, 0.15) is 0 Å². The van der Waals surface area contributed by atoms with Gasteiger partial charge in [0.15, 0.2) is 11.5 Å². The maximum Gasteiger partial charge on any atom is 0.161 e. The van der Waals surface area contributed by atoms with Crippen molar-refractivity contribution < 1.29 is 9.47 Å². The summed E-state index contributed by atoms with van der Waals surface area (Å²) in [5.41, 5.74) is 4.97. The molecule has 0 aliphatic rings. The predicted molar refractivity (Wildman–Crippen MR) is 96.9 cm³/mol. The van der Waals surface area contributed by atoms with E-state index in [2.05, 4.69) is 10.5 Å². The van der Waals surface area contributed by atoms with Gasteiger partial charge in [-0.05, 0) is 37.3 Å². The van der Waals surface area contributed by atoms with E-state index in [0.29, 0.717) is 32.3 Å². The van der Waals surface area contributed by atoms with E-state index in [-0.39, 0.29) is 0 Å². The number of nitrogens with zero attached hydrogens (tertiary/aromatic N) is 1. The number of benzene rings is 2. The van der Waals surface area contributed by atoms with Crippen LogP contribution in [0.2, 0.25) is 15.1 Å². The third kappa shape index (κ3) is 4.22. The normalized spacial score (nSPS) is 11.3. The van der Waals surface area contributed by atoms with E-state index < -0.39 is 0 Å². The van der Waals surface area contributed by atoms with Crippen LogP contribution in [0.5, 0.6) is 11.5 Å². The highest BCUT2D eigenvalue weighted by atomic mass is 35.5. The van der Waals surface area contributed by atoms with Crippen LogP contribution in [0, 0.1) is 0 Å². The number of anilines is 1. The summed E-state index contributed by atoms with van der Waals surface area (Å²) in [5.74, 6) is 1.28. The Bertz CT molecular complexity index is 725. The largest absolute Gasteiger partial charge is 0.493 e. The Hall–Kier alpha value is -1.62. The van der Waals surface area contributed by atoms with Crippen molar-refractivity contribution in [2.45, 2.75) is 6.92 Å². The van der Waals surface area contributed by atoms with Crippen LogP contribution < -0.4 is 14.9 Å². The van der Waals surface area contributed by atoms with E-state index in [0.717, 1.165) is 11.3 Å². The first kappa shape index (κ1) is 17.7. The standard InChI is InChI=1S/C16H15Cl3N2O2/c1-9(10-4-5-14(22-2)15(6-10)23-3)20-21-16-12(18)7-11(17)8-13(16)19/h4-8,21H,1-3H3/b20-9+. The van der Waals surface area contributed by atoms with Crippen LogP contribution >= 0.6 is 34.8 Å². The van der Waals surface area contributed by atoms with Gasteiger partial charge in [-0.25, -0.2) is 0 Å². The molecule has 0 spiro atoms. The van der Waals surface area contributed by atoms with Crippen LogP contribution in [-0.2, 0) is 0 Å². The summed E-state index contributed by atoms with van der Waals surface area (Å²) in [5, 5.41) is 5.56. The molecule has 23 heavy (non-hydrogen) atoms. The topological polar surface area (TPSA) is 42.8 Å². The predicted octanol–water partition coefficient (Wildman–Crippen LogP) is 5.50. The van der Waals surface area contributed by atoms with E-state index in [1.165, 1.54) is 0 Å². The Morgan fingerprint density at radius 3 is 2.13 bits per heavy atom. The van der Waals surface area contributed by atoms with Crippen LogP contribution in [0.4, 0.5) is 5.69 Å². The minimum absolute atomic E-state index is 0.395. The van der Waals surface area contributed by atoms with Crippen molar-refractivity contribution in [3.05, 3.63) is 51.0 Å². The van der Waals surface area contributed by atoms with Crippen molar-refractivity contribution >= 4 is 46.2 Å². The highest BCUT2D eigenvalue weighted by Crippen LogP contribution is 2.34. The number of halogens is 3. The molecule has 0 fully saturated rings. The molecule has 0 aliphatic carbocycles. The summed E-state index contributed by atoms with van der Waals surface area (Å²) in [4.78, 5) is 0. The van der Waals surface area contributed by atoms with Gasteiger partial charge in [0.25, 0.3) is 0 Å². The monoisotopic (exact) mass is 372 g/mol. The Morgan fingerprint density at radius 1 is 0.957 bits per heavy atom. The highest BCUT2D eigenvalue weighted by Gasteiger charge is 2.09. The zero-order valence-electron chi connectivity index (χ0n) is 12.8. The second-order valence-electron chi connectivity index (χ2n) is 4.62. The average Bonchev–Trinajstić information content (AvgIpc) is 2.52. The summed E-state index contributed by atoms with van der Waals surface area (Å²) in [6, 6.07) is 8.73. The minimum atomic E-state index is 0.395. The molecular weight excluding hydrogens is 359 g/mol. The maximum atomic E-state index is 6.11. The van der Waals surface area contributed by atoms with Crippen molar-refractivity contribution in [3.8, 4) is 11.5 Å². The van der Waals surface area contributed by atoms with E-state index in [9.17, 15) is 0 Å². The lowest BCUT2D eigenvalue weighted by molar-refractivity contribution is 0.355. The second-order valence-corrected chi connectivity index (χ2v) is 5.87. The molecule has 2 rings (SSSR count). The lowest BCUT2D eigenvalue weighted by atomic mass is 10.1. The van der Waals surface area contributed by atoms with Crippen LogP contribution in [0.3, 0.4) is 0 Å². The Kier molecular flexibility index (Phi) is 5.99. The molecule has 0 aliphatic heterocycles. The van der Waals surface area contributed by atoms with Crippen molar-refractivity contribution in [2.24, 2.45) is 5.10 Å². The number of ether oxygens (including phenoxy) is 2. The van der Waals surface area contributed by atoms with Crippen molar-refractivity contribution in [1.82, 2.24) is 0 Å². The zero-order chi connectivity index (χ0) is 17.0. The molecule has 1 N–H and O–H groups in total. The Morgan fingerprint density at radius 2 is 1.57 bits per heavy atom. The molecular formula is C16H15Cl3N2O2. The van der Waals surface area contributed by atoms with E-state index in [1.807, 2.05) is 25.1 Å². The van der Waals surface area contributed by atoms with Gasteiger partial charge >= 0.3 is 0 Å². The van der Waals surface area contributed by atoms with Gasteiger partial charge in [-0.2, -0.15) is 5.10 Å². The van der Waals surface area contributed by atoms with E-state index >= 15 is 0 Å². The first-order chi connectivity index (χ1) is 11.0. The SMILES string of the molecule is COc1ccc(/C(C)=N/Nc2c(Cl)cc(Cl)cc2Cl)cc1OC. The molecule has 0 atom stereocenters. The Balaban J connectivity index is 2.27. The fourth-order valence-corrected chi connectivity index (χ4v) is 2.82. The average molecular weight is 374 g/mol. The summed E-state index contributed by atoms with van der Waals surface area (Å²) in [6.45, 7) is 1.85. The lowest BCUT2D eigenvalue weighted by Crippen LogP contribution is -2.01. The number of methoxy groups -OCH3 is 2. The van der Waals surface area contributed by atoms with E-state index in [1.54, 1.807) is 26.4 Å². The van der Waals surface area contributed by atoms with Crippen molar-refractivity contribution in [1.29, 1.82) is 0 Å². The quantitative estimate of drug-likeness (QED) is 0.556. The third-order valence-electron chi connectivity index (χ3n) is 3.14. The van der Waals surface area contributed by atoms with Crippen molar-refractivity contribution in [3.63, 3.8) is 0 Å². The number of hydrogen-bond acceptors (Lipinski definition) is 4. The lowest BCUT2D eigenvalue weighted by Gasteiger charge is -2.11. The second kappa shape index (κ2) is 7.77. The molecule has 4 nitrogen and oxygen atoms in total. The van der Waals surface area contributed by atoms with Crippen LogP contribution in [-0.4, -0.2) is 19.9 Å². The van der Waals surface area contributed by atoms with Crippen LogP contribution in [0.1, 0.15) is 12.5 Å². The molecule has 7 heteroatoms. The molecule has 0 heterocycles. The molecule has 0 unspecified atom stereocenters. The Labute approximate surface area is 150 Å². The molecule has 2 aromatic rings. The molecule has 0 bridgehead atoms. The highest BCUT2D eigenvalue weighted by molar-refractivity contribution is 6.41. The minimum Gasteiger partial charge on any atom is -0.493 e. The van der Waals surface area contributed by atoms with Crippen LogP contribution in [0.15, 0.2) is 35.4 Å². The molecule has 0 saturated heterocycles. The smallest absolute Gasteiger partial charge is 0.161 e. The summed E-state index contributed by atoms with van der Waals surface area (Å²) < 4.78 is 10.5. The van der Waals surface area contributed by atoms with Gasteiger partial charge in [-0.1, -0.05) is 34.8 Å². The zero-order valence-corrected chi connectivity index (χ0v) is 15.1. The molecule has 2 aromatic carbocycles. The van der Waals surface area contributed by atoms with Gasteiger partial charge in [-0.15, -0.1) is 0 Å². The van der Waals surface area contributed by atoms with Gasteiger partial charge in [0, 0.05) is 10.6 Å². The van der Waals surface area contributed by atoms with Gasteiger partial charge in [-0.3, -0.25) is 5.43 Å². The third-order valence-corrected chi connectivity index (χ3v) is 3.96. The summed E-state index contributed by atoms with van der Waals surface area (Å²) >= 11 is 18.1. The molecule has 0 saturated carbocycles. The van der Waals surface area contributed by atoms with E-state index in [4.69, 9.17) is 44.3 Å². The number of rotatable bonds is 5. The van der Waals surface area contributed by atoms with Gasteiger partial charge in [0.2, 0.25) is 0 Å². The molecule has 122 valence electrons. The molecule has 0 amide bonds. The number of hydrogen-bond donors (Lipinski definition) is 1. The van der Waals surface area contributed by atoms with Crippen molar-refractivity contribution in [2.75, 3.05) is 19.6 Å². The van der Waals surface area contributed by atoms with Crippen LogP contribution in [0.25, 0.3) is 0 Å². The first-order valence-electron chi connectivity index (χ1n) is 6.63. The summed E-state index contributed by atoms with van der Waals surface area (Å²) in [6.07, 6.45) is 0. The fraction of sp³-hybridized carbons (Fsp3) is 0.188. The first-order valence-corrected chi connectivity index (χ1v) is 7.77. The maximum absolute atomic E-state index is 6.11. The molecule has 0 aromatic heterocycles. The van der Waals surface area contributed by atoms with Gasteiger partial charge < -0.3 is 9.47 Å². The number of nitrogens with one attached hydrogen (secondary N) is 1. The van der Waals surface area contributed by atoms with Gasteiger partial charge in [0.05, 0.1) is 35.7 Å². The summed E-state index contributed by atoms with van der Waals surface area (Å²) in [7, 11) is 3.17. The fourth-order valence-electron chi connectivity index (χ4n) is 1.91. The molecule has 0 radical (unpaired) electrons. The number of hydrazone groups is 1.